The van der Waals surface area contributed by atoms with Crippen molar-refractivity contribution in [1.29, 1.82) is 0 Å². The number of methoxy groups -OCH3 is 2. The average Bonchev–Trinajstić information content (AvgIpc) is 3.39. The molecule has 0 fully saturated rings. The molecule has 3 aromatic carbocycles. The number of anilines is 2. The number of ether oxygens (including phenoxy) is 3. The van der Waals surface area contributed by atoms with Gasteiger partial charge in [-0.15, -0.1) is 0 Å². The zero-order chi connectivity index (χ0) is 26.6. The highest BCUT2D eigenvalue weighted by Crippen LogP contribution is 2.39. The third-order valence-corrected chi connectivity index (χ3v) is 6.59. The lowest BCUT2D eigenvalue weighted by Crippen LogP contribution is -2.31. The van der Waals surface area contributed by atoms with E-state index in [2.05, 4.69) is 42.1 Å². The molecular weight excluding hydrogens is 552 g/mol. The Morgan fingerprint density at radius 3 is 2.63 bits per heavy atom. The van der Waals surface area contributed by atoms with Crippen LogP contribution in [0.2, 0.25) is 0 Å². The van der Waals surface area contributed by atoms with E-state index in [1.54, 1.807) is 31.0 Å². The molecule has 0 radical (unpaired) electrons. The summed E-state index contributed by atoms with van der Waals surface area (Å²) in [6.07, 6.45) is 0. The molecule has 0 saturated heterocycles. The molecule has 11 heteroatoms. The fraction of sp³-hybridized carbons (Fsp3) is 0.185. The number of tetrazole rings is 1. The highest BCUT2D eigenvalue weighted by atomic mass is 79.9. The van der Waals surface area contributed by atoms with Gasteiger partial charge in [0.2, 0.25) is 5.95 Å². The average molecular weight is 577 g/mol. The van der Waals surface area contributed by atoms with E-state index in [0.29, 0.717) is 46.8 Å². The molecule has 0 saturated carbocycles. The number of carbonyl (C=O) groups excluding carboxylic acids is 1. The molecule has 2 N–H and O–H groups in total. The number of rotatable bonds is 8. The Bertz CT molecular complexity index is 1520. The lowest BCUT2D eigenvalue weighted by atomic mass is 9.94. The Morgan fingerprint density at radius 2 is 1.84 bits per heavy atom. The first-order valence-electron chi connectivity index (χ1n) is 11.7. The minimum absolute atomic E-state index is 0.320. The third kappa shape index (κ3) is 5.05. The number of halogens is 1. The molecule has 10 nitrogen and oxygen atoms in total. The highest BCUT2D eigenvalue weighted by molar-refractivity contribution is 9.10. The van der Waals surface area contributed by atoms with Crippen molar-refractivity contribution in [3.05, 3.63) is 93.6 Å². The number of allylic oxidation sites excluding steroid dienone is 1. The van der Waals surface area contributed by atoms with E-state index in [-0.39, 0.29) is 5.91 Å². The van der Waals surface area contributed by atoms with Gasteiger partial charge in [-0.3, -0.25) is 4.79 Å². The Morgan fingerprint density at radius 1 is 1.03 bits per heavy atom. The summed E-state index contributed by atoms with van der Waals surface area (Å²) in [4.78, 5) is 13.7. The van der Waals surface area contributed by atoms with E-state index in [1.165, 1.54) is 0 Å². The summed E-state index contributed by atoms with van der Waals surface area (Å²) in [7, 11) is 3.13. The maximum Gasteiger partial charge on any atom is 0.255 e. The van der Waals surface area contributed by atoms with Gasteiger partial charge < -0.3 is 24.8 Å². The van der Waals surface area contributed by atoms with Crippen LogP contribution in [0.15, 0.2) is 82.5 Å². The molecule has 0 aliphatic carbocycles. The summed E-state index contributed by atoms with van der Waals surface area (Å²) in [5, 5.41) is 18.1. The second-order valence-corrected chi connectivity index (χ2v) is 9.41. The molecule has 1 atom stereocenters. The van der Waals surface area contributed by atoms with Crippen LogP contribution in [0.3, 0.4) is 0 Å². The summed E-state index contributed by atoms with van der Waals surface area (Å²) in [5.74, 6) is 1.75. The van der Waals surface area contributed by atoms with Crippen LogP contribution < -0.4 is 24.8 Å². The molecule has 1 aliphatic rings. The number of aromatic nitrogens is 4. The molecule has 1 aliphatic heterocycles. The monoisotopic (exact) mass is 576 g/mol. The highest BCUT2D eigenvalue weighted by Gasteiger charge is 2.35. The van der Waals surface area contributed by atoms with E-state index >= 15 is 0 Å². The number of carbonyl (C=O) groups is 1. The van der Waals surface area contributed by atoms with Gasteiger partial charge in [-0.25, -0.2) is 0 Å². The minimum atomic E-state index is -0.621. The van der Waals surface area contributed by atoms with Gasteiger partial charge in [0.1, 0.15) is 18.4 Å². The molecular formula is C27H25BrN6O4. The maximum absolute atomic E-state index is 13.7. The molecule has 1 amide bonds. The van der Waals surface area contributed by atoms with Crippen LogP contribution in [0, 0.1) is 0 Å². The van der Waals surface area contributed by atoms with Crippen molar-refractivity contribution in [1.82, 2.24) is 20.2 Å². The van der Waals surface area contributed by atoms with Crippen LogP contribution in [-0.2, 0) is 11.4 Å². The van der Waals surface area contributed by atoms with Crippen molar-refractivity contribution in [3.8, 4) is 17.2 Å². The standard InChI is InChI=1S/C27H25BrN6O4/c1-16-24(26(35)30-20-9-4-5-10-21(20)36-2)25(34-27(29-16)31-32-33-34)18-11-12-22(23(14-18)37-3)38-15-17-7-6-8-19(28)13-17/h4-14,25H,15H2,1-3H3,(H,30,35)(H,29,31,33). The van der Waals surface area contributed by atoms with Crippen molar-refractivity contribution < 1.29 is 19.0 Å². The second-order valence-electron chi connectivity index (χ2n) is 8.50. The smallest absolute Gasteiger partial charge is 0.255 e. The van der Waals surface area contributed by atoms with E-state index in [1.807, 2.05) is 61.5 Å². The fourth-order valence-electron chi connectivity index (χ4n) is 4.31. The normalized spacial score (nSPS) is 14.4. The number of benzene rings is 3. The number of hydrogen-bond acceptors (Lipinski definition) is 8. The fourth-order valence-corrected chi connectivity index (χ4v) is 4.76. The molecule has 5 rings (SSSR count). The van der Waals surface area contributed by atoms with Gasteiger partial charge in [-0.1, -0.05) is 51.4 Å². The Hall–Kier alpha value is -4.38. The third-order valence-electron chi connectivity index (χ3n) is 6.10. The van der Waals surface area contributed by atoms with Crippen LogP contribution in [0.5, 0.6) is 17.2 Å². The quantitative estimate of drug-likeness (QED) is 0.302. The van der Waals surface area contributed by atoms with Gasteiger partial charge in [-0.05, 0) is 64.9 Å². The molecule has 0 spiro atoms. The van der Waals surface area contributed by atoms with E-state index in [4.69, 9.17) is 14.2 Å². The van der Waals surface area contributed by atoms with Crippen molar-refractivity contribution in [2.45, 2.75) is 19.6 Å². The number of nitrogens with zero attached hydrogens (tertiary/aromatic N) is 4. The summed E-state index contributed by atoms with van der Waals surface area (Å²) in [6.45, 7) is 2.18. The minimum Gasteiger partial charge on any atom is -0.495 e. The van der Waals surface area contributed by atoms with Gasteiger partial charge in [0.05, 0.1) is 25.5 Å². The molecule has 1 unspecified atom stereocenters. The van der Waals surface area contributed by atoms with Gasteiger partial charge in [-0.2, -0.15) is 4.68 Å². The van der Waals surface area contributed by atoms with Gasteiger partial charge in [0, 0.05) is 10.2 Å². The summed E-state index contributed by atoms with van der Waals surface area (Å²) in [5.41, 5.74) is 3.38. The Balaban J connectivity index is 1.48. The van der Waals surface area contributed by atoms with Crippen molar-refractivity contribution in [2.24, 2.45) is 0 Å². The van der Waals surface area contributed by atoms with E-state index in [0.717, 1.165) is 15.6 Å². The summed E-state index contributed by atoms with van der Waals surface area (Å²) in [6, 6.07) is 20.0. The van der Waals surface area contributed by atoms with Crippen LogP contribution in [0.1, 0.15) is 24.1 Å². The predicted octanol–water partition coefficient (Wildman–Crippen LogP) is 4.96. The van der Waals surface area contributed by atoms with Crippen molar-refractivity contribution in [3.63, 3.8) is 0 Å². The van der Waals surface area contributed by atoms with Gasteiger partial charge in [0.25, 0.3) is 5.91 Å². The molecule has 1 aromatic heterocycles. The van der Waals surface area contributed by atoms with E-state index in [9.17, 15) is 4.79 Å². The van der Waals surface area contributed by atoms with Gasteiger partial charge in [0.15, 0.2) is 11.5 Å². The zero-order valence-electron chi connectivity index (χ0n) is 20.9. The summed E-state index contributed by atoms with van der Waals surface area (Å²) < 4.78 is 19.7. The lowest BCUT2D eigenvalue weighted by Gasteiger charge is -2.28. The second kappa shape index (κ2) is 10.9. The summed E-state index contributed by atoms with van der Waals surface area (Å²) >= 11 is 3.48. The maximum atomic E-state index is 13.7. The number of nitrogens with one attached hydrogen (secondary N) is 2. The van der Waals surface area contributed by atoms with Crippen LogP contribution >= 0.6 is 15.9 Å². The molecule has 38 heavy (non-hydrogen) atoms. The molecule has 2 heterocycles. The number of para-hydroxylation sites is 2. The number of amides is 1. The van der Waals surface area contributed by atoms with Crippen LogP contribution in [-0.4, -0.2) is 40.3 Å². The topological polar surface area (TPSA) is 112 Å². The van der Waals surface area contributed by atoms with Crippen LogP contribution in [0.25, 0.3) is 0 Å². The Labute approximate surface area is 227 Å². The van der Waals surface area contributed by atoms with Crippen LogP contribution in [0.4, 0.5) is 11.6 Å². The van der Waals surface area contributed by atoms with Gasteiger partial charge >= 0.3 is 0 Å². The first-order valence-corrected chi connectivity index (χ1v) is 12.5. The van der Waals surface area contributed by atoms with Crippen molar-refractivity contribution >= 4 is 33.5 Å². The lowest BCUT2D eigenvalue weighted by molar-refractivity contribution is -0.113. The SMILES string of the molecule is COc1ccccc1NC(=O)C1=C(C)Nc2nnnn2C1c1ccc(OCc2cccc(Br)c2)c(OC)c1. The van der Waals surface area contributed by atoms with E-state index < -0.39 is 6.04 Å². The molecule has 4 aromatic rings. The predicted molar refractivity (Wildman–Crippen MR) is 145 cm³/mol. The first kappa shape index (κ1) is 25.3. The first-order chi connectivity index (χ1) is 18.5. The van der Waals surface area contributed by atoms with Crippen molar-refractivity contribution in [2.75, 3.05) is 24.9 Å². The number of hydrogen-bond donors (Lipinski definition) is 2. The Kier molecular flexibility index (Phi) is 7.27. The molecule has 194 valence electrons. The molecule has 0 bridgehead atoms. The largest absolute Gasteiger partial charge is 0.495 e. The zero-order valence-corrected chi connectivity index (χ0v) is 22.5. The number of fused-ring (bicyclic) bond motifs is 1.